The van der Waals surface area contributed by atoms with Crippen molar-refractivity contribution in [3.63, 3.8) is 0 Å². The Balaban J connectivity index is 1.73. The summed E-state index contributed by atoms with van der Waals surface area (Å²) in [5, 5.41) is 7.31. The number of hydrogen-bond donors (Lipinski definition) is 2. The lowest BCUT2D eigenvalue weighted by atomic mass is 9.70. The molecule has 2 fully saturated rings. The van der Waals surface area contributed by atoms with Gasteiger partial charge in [0.1, 0.15) is 0 Å². The first-order valence-electron chi connectivity index (χ1n) is 7.10. The van der Waals surface area contributed by atoms with Crippen LogP contribution in [0.3, 0.4) is 0 Å². The van der Waals surface area contributed by atoms with Gasteiger partial charge in [-0.05, 0) is 49.5 Å². The third-order valence-corrected chi connectivity index (χ3v) is 4.92. The highest BCUT2D eigenvalue weighted by molar-refractivity contribution is 4.89. The van der Waals surface area contributed by atoms with Crippen molar-refractivity contribution in [2.24, 2.45) is 10.8 Å². The number of piperidine rings is 1. The van der Waals surface area contributed by atoms with Crippen molar-refractivity contribution in [3.05, 3.63) is 0 Å². The molecule has 1 saturated carbocycles. The van der Waals surface area contributed by atoms with Gasteiger partial charge in [-0.1, -0.05) is 20.3 Å². The normalized spacial score (nSPS) is 33.4. The zero-order valence-corrected chi connectivity index (χ0v) is 11.1. The highest BCUT2D eigenvalue weighted by Gasteiger charge is 2.33. The van der Waals surface area contributed by atoms with Crippen molar-refractivity contribution in [3.8, 4) is 0 Å². The van der Waals surface area contributed by atoms with Crippen LogP contribution in [0.1, 0.15) is 52.4 Å². The van der Waals surface area contributed by atoms with Crippen LogP contribution in [-0.2, 0) is 0 Å². The van der Waals surface area contributed by atoms with E-state index in [0.717, 1.165) is 0 Å². The first-order chi connectivity index (χ1) is 7.68. The van der Waals surface area contributed by atoms with Crippen LogP contribution in [-0.4, -0.2) is 26.2 Å². The molecule has 0 aromatic rings. The van der Waals surface area contributed by atoms with Crippen LogP contribution in [0.25, 0.3) is 0 Å². The largest absolute Gasteiger partial charge is 0.316 e. The lowest BCUT2D eigenvalue weighted by molar-refractivity contribution is 0.134. The second-order valence-corrected chi connectivity index (χ2v) is 6.40. The first-order valence-corrected chi connectivity index (χ1v) is 7.10. The van der Waals surface area contributed by atoms with E-state index in [2.05, 4.69) is 24.5 Å². The molecule has 0 aromatic heterocycles. The van der Waals surface area contributed by atoms with Gasteiger partial charge in [-0.25, -0.2) is 0 Å². The summed E-state index contributed by atoms with van der Waals surface area (Å²) in [5.74, 6) is 0. The molecule has 2 heteroatoms. The summed E-state index contributed by atoms with van der Waals surface area (Å²) < 4.78 is 0. The fourth-order valence-electron chi connectivity index (χ4n) is 3.19. The van der Waals surface area contributed by atoms with Gasteiger partial charge in [-0.2, -0.15) is 0 Å². The quantitative estimate of drug-likeness (QED) is 0.750. The minimum atomic E-state index is 0.540. The number of nitrogens with one attached hydrogen (secondary N) is 2. The van der Waals surface area contributed by atoms with Gasteiger partial charge in [0.2, 0.25) is 0 Å². The van der Waals surface area contributed by atoms with Crippen LogP contribution in [0, 0.1) is 10.8 Å². The minimum absolute atomic E-state index is 0.540. The molecule has 0 amide bonds. The molecular weight excluding hydrogens is 196 g/mol. The zero-order valence-electron chi connectivity index (χ0n) is 11.1. The molecule has 1 heterocycles. The molecular formula is C14H28N2. The summed E-state index contributed by atoms with van der Waals surface area (Å²) in [5.41, 5.74) is 1.16. The molecule has 2 aliphatic rings. The van der Waals surface area contributed by atoms with E-state index in [-0.39, 0.29) is 0 Å². The maximum Gasteiger partial charge on any atom is 0.00201 e. The van der Waals surface area contributed by atoms with Crippen LogP contribution >= 0.6 is 0 Å². The first kappa shape index (κ1) is 12.4. The average Bonchev–Trinajstić information content (AvgIpc) is 2.28. The van der Waals surface area contributed by atoms with Crippen LogP contribution in [0.4, 0.5) is 0 Å². The monoisotopic (exact) mass is 224 g/mol. The third-order valence-electron chi connectivity index (χ3n) is 4.92. The molecule has 2 rings (SSSR count). The van der Waals surface area contributed by atoms with Crippen molar-refractivity contribution >= 4 is 0 Å². The lowest BCUT2D eigenvalue weighted by Crippen LogP contribution is -2.48. The average molecular weight is 224 g/mol. The standard InChI is InChI=1S/C14H28N2/c1-3-14(8-5-9-15-11-14)12-16-10-13(2)6-4-7-13/h15-16H,3-12H2,1-2H3. The molecule has 2 nitrogen and oxygen atoms in total. The molecule has 2 N–H and O–H groups in total. The second kappa shape index (κ2) is 5.05. The predicted molar refractivity (Wildman–Crippen MR) is 69.7 cm³/mol. The molecule has 0 bridgehead atoms. The zero-order chi connectivity index (χ0) is 11.5. The smallest absolute Gasteiger partial charge is 0.00201 e. The van der Waals surface area contributed by atoms with E-state index >= 15 is 0 Å². The van der Waals surface area contributed by atoms with Gasteiger partial charge >= 0.3 is 0 Å². The van der Waals surface area contributed by atoms with E-state index in [9.17, 15) is 0 Å². The Labute approximate surface area is 101 Å². The second-order valence-electron chi connectivity index (χ2n) is 6.40. The molecule has 94 valence electrons. The summed E-state index contributed by atoms with van der Waals surface area (Å²) in [7, 11) is 0. The van der Waals surface area contributed by atoms with Crippen LogP contribution in [0.2, 0.25) is 0 Å². The van der Waals surface area contributed by atoms with E-state index in [1.165, 1.54) is 64.7 Å². The Hall–Kier alpha value is -0.0800. The Morgan fingerprint density at radius 1 is 1.12 bits per heavy atom. The van der Waals surface area contributed by atoms with Crippen molar-refractivity contribution < 1.29 is 0 Å². The Kier molecular flexibility index (Phi) is 3.91. The fraction of sp³-hybridized carbons (Fsp3) is 1.00. The van der Waals surface area contributed by atoms with E-state index in [4.69, 9.17) is 0 Å². The van der Waals surface area contributed by atoms with Crippen molar-refractivity contribution in [2.75, 3.05) is 26.2 Å². The lowest BCUT2D eigenvalue weighted by Gasteiger charge is -2.42. The Bertz CT molecular complexity index is 215. The summed E-state index contributed by atoms with van der Waals surface area (Å²) in [6, 6.07) is 0. The van der Waals surface area contributed by atoms with Crippen molar-refractivity contribution in [1.82, 2.24) is 10.6 Å². The summed E-state index contributed by atoms with van der Waals surface area (Å²) in [6.07, 6.45) is 8.37. The molecule has 1 atom stereocenters. The Morgan fingerprint density at radius 2 is 1.94 bits per heavy atom. The van der Waals surface area contributed by atoms with E-state index in [1.54, 1.807) is 0 Å². The van der Waals surface area contributed by atoms with Gasteiger partial charge in [0.05, 0.1) is 0 Å². The maximum absolute atomic E-state index is 3.75. The summed E-state index contributed by atoms with van der Waals surface area (Å²) >= 11 is 0. The molecule has 0 aromatic carbocycles. The van der Waals surface area contributed by atoms with Gasteiger partial charge in [-0.3, -0.25) is 0 Å². The van der Waals surface area contributed by atoms with Gasteiger partial charge in [0.15, 0.2) is 0 Å². The van der Waals surface area contributed by atoms with E-state index < -0.39 is 0 Å². The molecule has 1 aliphatic heterocycles. The number of rotatable bonds is 5. The summed E-state index contributed by atoms with van der Waals surface area (Å²) in [6.45, 7) is 9.66. The maximum atomic E-state index is 3.75. The minimum Gasteiger partial charge on any atom is -0.316 e. The van der Waals surface area contributed by atoms with E-state index in [1.807, 2.05) is 0 Å². The summed E-state index contributed by atoms with van der Waals surface area (Å²) in [4.78, 5) is 0. The number of hydrogen-bond acceptors (Lipinski definition) is 2. The highest BCUT2D eigenvalue weighted by Crippen LogP contribution is 2.39. The molecule has 1 aliphatic carbocycles. The molecule has 0 spiro atoms. The van der Waals surface area contributed by atoms with Gasteiger partial charge in [0.25, 0.3) is 0 Å². The fourth-order valence-corrected chi connectivity index (χ4v) is 3.19. The molecule has 1 unspecified atom stereocenters. The Morgan fingerprint density at radius 3 is 2.44 bits per heavy atom. The third kappa shape index (κ3) is 2.78. The molecule has 16 heavy (non-hydrogen) atoms. The van der Waals surface area contributed by atoms with Crippen LogP contribution < -0.4 is 10.6 Å². The van der Waals surface area contributed by atoms with Gasteiger partial charge < -0.3 is 10.6 Å². The van der Waals surface area contributed by atoms with Crippen molar-refractivity contribution in [1.29, 1.82) is 0 Å². The van der Waals surface area contributed by atoms with E-state index in [0.29, 0.717) is 10.8 Å². The SMILES string of the molecule is CCC1(CNCC2(C)CCC2)CCCNC1. The van der Waals surface area contributed by atoms with Crippen molar-refractivity contribution in [2.45, 2.75) is 52.4 Å². The van der Waals surface area contributed by atoms with Gasteiger partial charge in [0, 0.05) is 19.6 Å². The predicted octanol–water partition coefficient (Wildman–Crippen LogP) is 2.55. The van der Waals surface area contributed by atoms with Crippen LogP contribution in [0.5, 0.6) is 0 Å². The topological polar surface area (TPSA) is 24.1 Å². The molecule has 1 saturated heterocycles. The highest BCUT2D eigenvalue weighted by atomic mass is 14.9. The molecule has 0 radical (unpaired) electrons. The van der Waals surface area contributed by atoms with Gasteiger partial charge in [-0.15, -0.1) is 0 Å². The van der Waals surface area contributed by atoms with Crippen LogP contribution in [0.15, 0.2) is 0 Å².